The number of aromatic nitrogens is 1. The second-order valence-corrected chi connectivity index (χ2v) is 14.4. The molecule has 202 valence electrons. The average Bonchev–Trinajstić information content (AvgIpc) is 3.39. The lowest BCUT2D eigenvalue weighted by Crippen LogP contribution is -2.42. The van der Waals surface area contributed by atoms with Crippen LogP contribution in [0.5, 0.6) is 0 Å². The Labute approximate surface area is 246 Å². The maximum atomic E-state index is 15.3. The first-order valence-electron chi connectivity index (χ1n) is 14.5. The first-order valence-corrected chi connectivity index (χ1v) is 16.2. The molecule has 1 aliphatic rings. The molecule has 1 unspecified atom stereocenters. The lowest BCUT2D eigenvalue weighted by molar-refractivity contribution is 0.586. The van der Waals surface area contributed by atoms with Crippen molar-refractivity contribution in [2.45, 2.75) is 19.3 Å². The van der Waals surface area contributed by atoms with Crippen molar-refractivity contribution in [2.24, 2.45) is 0 Å². The van der Waals surface area contributed by atoms with Crippen LogP contribution in [0.2, 0.25) is 0 Å². The summed E-state index contributed by atoms with van der Waals surface area (Å²) in [5, 5.41) is 5.29. The van der Waals surface area contributed by atoms with Crippen LogP contribution in [0.4, 0.5) is 0 Å². The van der Waals surface area contributed by atoms with E-state index in [1.807, 2.05) is 36.4 Å². The zero-order chi connectivity index (χ0) is 28.5. The van der Waals surface area contributed by atoms with Crippen LogP contribution in [-0.4, -0.2) is 4.57 Å². The zero-order valence-electron chi connectivity index (χ0n) is 23.7. The molecule has 2 heterocycles. The van der Waals surface area contributed by atoms with Gasteiger partial charge in [-0.3, -0.25) is 0 Å². The molecule has 8 rings (SSSR count). The van der Waals surface area contributed by atoms with Gasteiger partial charge in [0.05, 0.1) is 11.0 Å². The van der Waals surface area contributed by atoms with E-state index in [-0.39, 0.29) is 5.41 Å². The topological polar surface area (TPSA) is 22.0 Å². The standard InChI is InChI=1S/C39H30NOP/c1-39(2)33-19-8-11-22-37(33)42(41,30-15-4-3-5-16-30)38-24-23-28(26-34(38)39)27-13-12-14-29(25-27)40-35-20-9-6-17-31(35)32-18-7-10-21-36(32)40/h3-26H,1-2H3. The highest BCUT2D eigenvalue weighted by Gasteiger charge is 2.44. The van der Waals surface area contributed by atoms with Crippen molar-refractivity contribution in [1.29, 1.82) is 0 Å². The predicted molar refractivity (Wildman–Crippen MR) is 178 cm³/mol. The van der Waals surface area contributed by atoms with Crippen LogP contribution in [0.1, 0.15) is 25.0 Å². The molecule has 42 heavy (non-hydrogen) atoms. The summed E-state index contributed by atoms with van der Waals surface area (Å²) in [5.74, 6) is 0. The lowest BCUT2D eigenvalue weighted by Gasteiger charge is -2.39. The Kier molecular flexibility index (Phi) is 5.48. The van der Waals surface area contributed by atoms with Crippen molar-refractivity contribution in [2.75, 3.05) is 0 Å². The summed E-state index contributed by atoms with van der Waals surface area (Å²) in [6, 6.07) is 50.9. The first-order chi connectivity index (χ1) is 20.5. The van der Waals surface area contributed by atoms with Crippen molar-refractivity contribution >= 4 is 44.9 Å². The minimum Gasteiger partial charge on any atom is -0.309 e. The summed E-state index contributed by atoms with van der Waals surface area (Å²) >= 11 is 0. The van der Waals surface area contributed by atoms with Gasteiger partial charge in [0.2, 0.25) is 0 Å². The Morgan fingerprint density at radius 2 is 1.12 bits per heavy atom. The van der Waals surface area contributed by atoms with E-state index in [0.29, 0.717) is 0 Å². The third-order valence-electron chi connectivity index (χ3n) is 9.06. The van der Waals surface area contributed by atoms with Gasteiger partial charge >= 0.3 is 0 Å². The van der Waals surface area contributed by atoms with Crippen LogP contribution in [0.3, 0.4) is 0 Å². The monoisotopic (exact) mass is 559 g/mol. The Balaban J connectivity index is 1.33. The number of benzene rings is 6. The van der Waals surface area contributed by atoms with E-state index >= 15 is 4.57 Å². The first kappa shape index (κ1) is 25.1. The van der Waals surface area contributed by atoms with Gasteiger partial charge in [0.25, 0.3) is 0 Å². The fourth-order valence-electron chi connectivity index (χ4n) is 6.98. The summed E-state index contributed by atoms with van der Waals surface area (Å²) in [7, 11) is -3.05. The average molecular weight is 560 g/mol. The van der Waals surface area contributed by atoms with E-state index in [4.69, 9.17) is 0 Å². The van der Waals surface area contributed by atoms with E-state index in [2.05, 4.69) is 128 Å². The maximum absolute atomic E-state index is 15.3. The van der Waals surface area contributed by atoms with Crippen molar-refractivity contribution in [3.63, 3.8) is 0 Å². The third kappa shape index (κ3) is 3.49. The molecule has 3 heteroatoms. The van der Waals surface area contributed by atoms with E-state index in [1.54, 1.807) is 0 Å². The van der Waals surface area contributed by atoms with E-state index < -0.39 is 7.14 Å². The van der Waals surface area contributed by atoms with Gasteiger partial charge in [-0.15, -0.1) is 0 Å². The van der Waals surface area contributed by atoms with Crippen LogP contribution < -0.4 is 15.9 Å². The summed E-state index contributed by atoms with van der Waals surface area (Å²) in [6.45, 7) is 4.52. The molecule has 0 saturated carbocycles. The number of fused-ring (bicyclic) bond motifs is 5. The van der Waals surface area contributed by atoms with E-state index in [9.17, 15) is 0 Å². The quantitative estimate of drug-likeness (QED) is 0.199. The largest absolute Gasteiger partial charge is 0.309 e. The predicted octanol–water partition coefficient (Wildman–Crippen LogP) is 8.73. The fourth-order valence-corrected chi connectivity index (χ4v) is 10.3. The van der Waals surface area contributed by atoms with Gasteiger partial charge in [0.1, 0.15) is 0 Å². The highest BCUT2D eigenvalue weighted by Crippen LogP contribution is 2.52. The van der Waals surface area contributed by atoms with Gasteiger partial charge in [-0.05, 0) is 58.7 Å². The minimum atomic E-state index is -3.05. The van der Waals surface area contributed by atoms with Gasteiger partial charge in [0.15, 0.2) is 7.14 Å². The summed E-state index contributed by atoms with van der Waals surface area (Å²) in [6.07, 6.45) is 0. The Morgan fingerprint density at radius 3 is 1.86 bits per heavy atom. The zero-order valence-corrected chi connectivity index (χ0v) is 24.6. The summed E-state index contributed by atoms with van der Waals surface area (Å²) in [4.78, 5) is 0. The normalized spacial score (nSPS) is 17.2. The highest BCUT2D eigenvalue weighted by molar-refractivity contribution is 7.85. The molecule has 0 amide bonds. The number of hydrogen-bond acceptors (Lipinski definition) is 1. The van der Waals surface area contributed by atoms with Crippen molar-refractivity contribution in [3.8, 4) is 16.8 Å². The van der Waals surface area contributed by atoms with Crippen molar-refractivity contribution in [1.82, 2.24) is 4.57 Å². The van der Waals surface area contributed by atoms with E-state index in [1.165, 1.54) is 21.8 Å². The van der Waals surface area contributed by atoms with Gasteiger partial charge in [-0.1, -0.05) is 123 Å². The Hall–Kier alpha value is -4.65. The highest BCUT2D eigenvalue weighted by atomic mass is 31.2. The molecular formula is C39H30NOP. The molecular weight excluding hydrogens is 529 g/mol. The van der Waals surface area contributed by atoms with Crippen molar-refractivity contribution in [3.05, 3.63) is 157 Å². The molecule has 0 saturated heterocycles. The van der Waals surface area contributed by atoms with E-state index in [0.717, 1.165) is 43.9 Å². The molecule has 0 radical (unpaired) electrons. The van der Waals surface area contributed by atoms with Gasteiger partial charge in [0, 0.05) is 37.8 Å². The number of para-hydroxylation sites is 2. The van der Waals surface area contributed by atoms with Gasteiger partial charge < -0.3 is 9.13 Å². The molecule has 0 N–H and O–H groups in total. The molecule has 7 aromatic rings. The van der Waals surface area contributed by atoms with Crippen LogP contribution in [-0.2, 0) is 9.98 Å². The van der Waals surface area contributed by atoms with Crippen LogP contribution in [0.25, 0.3) is 38.6 Å². The summed E-state index contributed by atoms with van der Waals surface area (Å²) in [5.41, 5.74) is 7.77. The van der Waals surface area contributed by atoms with Crippen LogP contribution in [0.15, 0.2) is 146 Å². The van der Waals surface area contributed by atoms with Gasteiger partial charge in [-0.2, -0.15) is 0 Å². The minimum absolute atomic E-state index is 0.297. The molecule has 1 atom stereocenters. The summed E-state index contributed by atoms with van der Waals surface area (Å²) < 4.78 is 17.6. The molecule has 0 aliphatic carbocycles. The molecule has 2 nitrogen and oxygen atoms in total. The number of hydrogen-bond donors (Lipinski definition) is 0. The fraction of sp³-hybridized carbons (Fsp3) is 0.0769. The van der Waals surface area contributed by atoms with Gasteiger partial charge in [-0.25, -0.2) is 0 Å². The lowest BCUT2D eigenvalue weighted by atomic mass is 9.77. The number of nitrogens with zero attached hydrogens (tertiary/aromatic N) is 1. The van der Waals surface area contributed by atoms with Crippen molar-refractivity contribution < 1.29 is 4.57 Å². The molecule has 0 bridgehead atoms. The molecule has 0 spiro atoms. The third-order valence-corrected chi connectivity index (χ3v) is 12.2. The smallest absolute Gasteiger partial charge is 0.171 e. The molecule has 0 fully saturated rings. The molecule has 1 aliphatic heterocycles. The SMILES string of the molecule is CC1(C)c2ccccc2P(=O)(c2ccccc2)c2ccc(-c3cccc(-n4c5ccccc5c5ccccc54)c3)cc21. The Bertz CT molecular complexity index is 2150. The second kappa shape index (κ2) is 9.18. The molecule has 6 aromatic carbocycles. The van der Waals surface area contributed by atoms with Crippen LogP contribution in [0, 0.1) is 0 Å². The Morgan fingerprint density at radius 1 is 0.524 bits per heavy atom. The molecule has 1 aromatic heterocycles. The second-order valence-electron chi connectivity index (χ2n) is 11.7. The number of rotatable bonds is 3. The van der Waals surface area contributed by atoms with Crippen LogP contribution >= 0.6 is 7.14 Å². The maximum Gasteiger partial charge on any atom is 0.171 e.